The number of benzene rings is 2. The van der Waals surface area contributed by atoms with Crippen LogP contribution in [0.5, 0.6) is 11.5 Å². The minimum absolute atomic E-state index is 0.0507. The average Bonchev–Trinajstić information content (AvgIpc) is 2.91. The van der Waals surface area contributed by atoms with E-state index in [4.69, 9.17) is 10.5 Å². The molecule has 0 spiro atoms. The van der Waals surface area contributed by atoms with Crippen LogP contribution in [0.3, 0.4) is 0 Å². The Morgan fingerprint density at radius 3 is 2.27 bits per heavy atom. The van der Waals surface area contributed by atoms with Gasteiger partial charge in [-0.1, -0.05) is 18.2 Å². The third kappa shape index (κ3) is 4.13. The Hall–Kier alpha value is -4.42. The molecular weight excluding hydrogens is 536 g/mol. The first kappa shape index (κ1) is 28.1. The van der Waals surface area contributed by atoms with Gasteiger partial charge in [-0.25, -0.2) is 4.79 Å². The second-order valence-corrected chi connectivity index (χ2v) is 10.9. The van der Waals surface area contributed by atoms with E-state index in [1.807, 2.05) is 0 Å². The molecule has 12 heteroatoms. The molecule has 3 aliphatic rings. The molecule has 2 saturated carbocycles. The minimum Gasteiger partial charge on any atom is -0.507 e. The number of nitrogens with zero attached hydrogens (tertiary/aromatic N) is 1. The fraction of sp³-hybridized carbons (Fsp3) is 0.379. The molecule has 0 radical (unpaired) electrons. The molecule has 6 atom stereocenters. The van der Waals surface area contributed by atoms with E-state index in [1.54, 1.807) is 18.2 Å². The van der Waals surface area contributed by atoms with Crippen LogP contribution in [-0.4, -0.2) is 83.2 Å². The van der Waals surface area contributed by atoms with Crippen molar-refractivity contribution < 1.29 is 48.5 Å². The number of carbonyl (C=O) groups is 6. The van der Waals surface area contributed by atoms with E-state index in [0.29, 0.717) is 16.7 Å². The molecule has 0 heterocycles. The number of methoxy groups -OCH3 is 1. The quantitative estimate of drug-likeness (QED) is 0.269. The molecule has 4 N–H and O–H groups in total. The molecule has 2 fully saturated rings. The Balaban J connectivity index is 1.59. The number of ether oxygens (including phenoxy) is 2. The highest BCUT2D eigenvalue weighted by atomic mass is 16.7. The van der Waals surface area contributed by atoms with Crippen LogP contribution in [0.1, 0.15) is 22.3 Å². The third-order valence-corrected chi connectivity index (χ3v) is 8.48. The molecule has 41 heavy (non-hydrogen) atoms. The highest BCUT2D eigenvalue weighted by Gasteiger charge is 2.69. The molecule has 0 aromatic heterocycles. The van der Waals surface area contributed by atoms with Crippen LogP contribution in [0.15, 0.2) is 36.4 Å². The molecule has 0 bridgehead atoms. The SMILES string of the molecule is COC(=O)Oc1ccc(-c2ccc(O)c3c2C[C@H]2C[C@H]4[C@H](N(C)C)C(=O)C(C(N)=O)C(=O)[C@@]4(O)C(=O)C2C3=O)cc1. The molecule has 1 amide bonds. The maximum atomic E-state index is 13.9. The zero-order valence-electron chi connectivity index (χ0n) is 22.5. The van der Waals surface area contributed by atoms with Gasteiger partial charge in [0, 0.05) is 5.92 Å². The monoisotopic (exact) mass is 564 g/mol. The van der Waals surface area contributed by atoms with E-state index in [9.17, 15) is 39.0 Å². The molecule has 2 unspecified atom stereocenters. The second kappa shape index (κ2) is 9.89. The van der Waals surface area contributed by atoms with Crippen molar-refractivity contribution in [3.8, 4) is 22.6 Å². The first-order chi connectivity index (χ1) is 19.3. The number of phenols is 1. The minimum atomic E-state index is -2.78. The number of hydrogen-bond acceptors (Lipinski definition) is 11. The number of likely N-dealkylation sites (N-methyl/N-ethyl adjacent to an activating group) is 1. The van der Waals surface area contributed by atoms with Crippen molar-refractivity contribution in [3.05, 3.63) is 47.5 Å². The molecule has 0 aliphatic heterocycles. The van der Waals surface area contributed by atoms with Crippen molar-refractivity contribution in [2.75, 3.05) is 21.2 Å². The maximum Gasteiger partial charge on any atom is 0.513 e. The van der Waals surface area contributed by atoms with Gasteiger partial charge in [-0.15, -0.1) is 0 Å². The first-order valence-corrected chi connectivity index (χ1v) is 12.9. The summed E-state index contributed by atoms with van der Waals surface area (Å²) in [5, 5.41) is 22.4. The standard InChI is InChI=1S/C29H28N2O10/c1-31(2)22-17-11-13-10-16-15(12-4-6-14(7-5-12)41-28(38)40-3)8-9-18(32)20(16)23(33)19(13)25(35)29(17,39)26(36)21(24(22)34)27(30)37/h4-9,13,17,19,21-22,32,39H,10-11H2,1-3H3,(H2,30,37)/t13-,17-,19?,21?,22-,29-/m0/s1. The van der Waals surface area contributed by atoms with Crippen LogP contribution in [0.4, 0.5) is 4.79 Å². The van der Waals surface area contributed by atoms with Gasteiger partial charge in [0.1, 0.15) is 11.5 Å². The largest absolute Gasteiger partial charge is 0.513 e. The number of primary amides is 1. The third-order valence-electron chi connectivity index (χ3n) is 8.48. The number of rotatable bonds is 4. The number of phenolic OH excluding ortho intramolecular Hbond substituents is 1. The van der Waals surface area contributed by atoms with Crippen LogP contribution in [0, 0.1) is 23.7 Å². The van der Waals surface area contributed by atoms with Crippen molar-refractivity contribution >= 4 is 35.2 Å². The topological polar surface area (TPSA) is 191 Å². The summed E-state index contributed by atoms with van der Waals surface area (Å²) < 4.78 is 9.50. The van der Waals surface area contributed by atoms with Crippen molar-refractivity contribution in [1.29, 1.82) is 0 Å². The smallest absolute Gasteiger partial charge is 0.507 e. The van der Waals surface area contributed by atoms with E-state index in [1.165, 1.54) is 44.3 Å². The number of nitrogens with two attached hydrogens (primary N) is 1. The summed E-state index contributed by atoms with van der Waals surface area (Å²) >= 11 is 0. The normalized spacial score (nSPS) is 29.0. The Morgan fingerprint density at radius 1 is 1.02 bits per heavy atom. The van der Waals surface area contributed by atoms with Crippen LogP contribution in [0.25, 0.3) is 11.1 Å². The number of fused-ring (bicyclic) bond motifs is 3. The molecule has 2 aromatic carbocycles. The van der Waals surface area contributed by atoms with Crippen molar-refractivity contribution in [2.24, 2.45) is 29.4 Å². The number of ketones is 4. The summed E-state index contributed by atoms with van der Waals surface area (Å²) in [5.41, 5.74) is 4.12. The molecule has 2 aromatic rings. The zero-order chi connectivity index (χ0) is 30.0. The van der Waals surface area contributed by atoms with Crippen molar-refractivity contribution in [2.45, 2.75) is 24.5 Å². The van der Waals surface area contributed by atoms with Crippen molar-refractivity contribution in [1.82, 2.24) is 4.90 Å². The molecule has 214 valence electrons. The molecule has 3 aliphatic carbocycles. The molecular formula is C29H28N2O10. The summed E-state index contributed by atoms with van der Waals surface area (Å²) in [6.07, 6.45) is -0.822. The lowest BCUT2D eigenvalue weighted by molar-refractivity contribution is -0.181. The summed E-state index contributed by atoms with van der Waals surface area (Å²) in [4.78, 5) is 79.3. The van der Waals surface area contributed by atoms with E-state index >= 15 is 0 Å². The van der Waals surface area contributed by atoms with E-state index in [0.717, 1.165) is 0 Å². The van der Waals surface area contributed by atoms with Gasteiger partial charge in [0.15, 0.2) is 34.7 Å². The van der Waals surface area contributed by atoms with Crippen LogP contribution in [-0.2, 0) is 30.3 Å². The van der Waals surface area contributed by atoms with Crippen LogP contribution in [0.2, 0.25) is 0 Å². The summed E-state index contributed by atoms with van der Waals surface area (Å²) in [5.74, 6) is -10.8. The number of carbonyl (C=O) groups excluding carboxylic acids is 6. The van der Waals surface area contributed by atoms with Gasteiger partial charge in [0.05, 0.1) is 24.6 Å². The summed E-state index contributed by atoms with van der Waals surface area (Å²) in [6.45, 7) is 0. The number of amides is 1. The molecule has 5 rings (SSSR count). The predicted molar refractivity (Wildman–Crippen MR) is 140 cm³/mol. The van der Waals surface area contributed by atoms with Gasteiger partial charge < -0.3 is 25.4 Å². The number of aromatic hydroxyl groups is 1. The second-order valence-electron chi connectivity index (χ2n) is 10.9. The zero-order valence-corrected chi connectivity index (χ0v) is 22.5. The van der Waals surface area contributed by atoms with Gasteiger partial charge in [-0.05, 0) is 67.7 Å². The fourth-order valence-corrected chi connectivity index (χ4v) is 6.72. The molecule has 12 nitrogen and oxygen atoms in total. The Bertz CT molecular complexity index is 1510. The van der Waals surface area contributed by atoms with Crippen LogP contribution >= 0.6 is 0 Å². The lowest BCUT2D eigenvalue weighted by atomic mass is 9.52. The Morgan fingerprint density at radius 2 is 1.68 bits per heavy atom. The Kier molecular flexibility index (Phi) is 6.79. The van der Waals surface area contributed by atoms with Gasteiger partial charge in [-0.3, -0.25) is 28.9 Å². The highest BCUT2D eigenvalue weighted by molar-refractivity contribution is 6.32. The van der Waals surface area contributed by atoms with Crippen LogP contribution < -0.4 is 10.5 Å². The number of aliphatic hydroxyl groups is 1. The molecule has 0 saturated heterocycles. The van der Waals surface area contributed by atoms with E-state index in [2.05, 4.69) is 4.74 Å². The van der Waals surface area contributed by atoms with Gasteiger partial charge >= 0.3 is 6.16 Å². The highest BCUT2D eigenvalue weighted by Crippen LogP contribution is 2.51. The first-order valence-electron chi connectivity index (χ1n) is 12.9. The predicted octanol–water partition coefficient (Wildman–Crippen LogP) is 0.679. The Labute approximate surface area is 234 Å². The summed E-state index contributed by atoms with van der Waals surface area (Å²) in [7, 11) is 4.23. The summed E-state index contributed by atoms with van der Waals surface area (Å²) in [6, 6.07) is 8.10. The van der Waals surface area contributed by atoms with Crippen molar-refractivity contribution in [3.63, 3.8) is 0 Å². The lowest BCUT2D eigenvalue weighted by Gasteiger charge is -2.52. The van der Waals surface area contributed by atoms with Gasteiger partial charge in [-0.2, -0.15) is 0 Å². The fourth-order valence-electron chi connectivity index (χ4n) is 6.72. The maximum absolute atomic E-state index is 13.9. The van der Waals surface area contributed by atoms with E-state index < -0.39 is 70.5 Å². The van der Waals surface area contributed by atoms with Gasteiger partial charge in [0.2, 0.25) is 5.91 Å². The van der Waals surface area contributed by atoms with Gasteiger partial charge in [0.25, 0.3) is 0 Å². The lowest BCUT2D eigenvalue weighted by Crippen LogP contribution is -2.74. The number of Topliss-reactive ketones (excluding diaryl/α,β-unsaturated/α-hetero) is 4. The average molecular weight is 565 g/mol. The van der Waals surface area contributed by atoms with E-state index in [-0.39, 0.29) is 29.9 Å². The number of hydrogen-bond donors (Lipinski definition) is 3.